The molecule has 3 rings (SSSR count). The summed E-state index contributed by atoms with van der Waals surface area (Å²) < 4.78 is 39.4. The molecular formula is C14H15F3N2O2. The van der Waals surface area contributed by atoms with E-state index in [0.29, 0.717) is 5.69 Å². The van der Waals surface area contributed by atoms with Gasteiger partial charge in [-0.05, 0) is 18.1 Å². The van der Waals surface area contributed by atoms with Gasteiger partial charge in [-0.2, -0.15) is 13.2 Å². The fourth-order valence-corrected chi connectivity index (χ4v) is 3.17. The molecular weight excluding hydrogens is 285 g/mol. The third kappa shape index (κ3) is 1.76. The second kappa shape index (κ2) is 4.13. The van der Waals surface area contributed by atoms with E-state index in [1.807, 2.05) is 0 Å². The first-order valence-electron chi connectivity index (χ1n) is 6.71. The van der Waals surface area contributed by atoms with Crippen LogP contribution in [0, 0.1) is 0 Å². The van der Waals surface area contributed by atoms with Gasteiger partial charge in [0.2, 0.25) is 5.60 Å². The van der Waals surface area contributed by atoms with E-state index in [-0.39, 0.29) is 13.0 Å². The van der Waals surface area contributed by atoms with Crippen LogP contribution in [0.2, 0.25) is 0 Å². The fourth-order valence-electron chi connectivity index (χ4n) is 3.17. The van der Waals surface area contributed by atoms with Crippen LogP contribution in [0.3, 0.4) is 0 Å². The lowest BCUT2D eigenvalue weighted by Crippen LogP contribution is -2.54. The highest BCUT2D eigenvalue weighted by molar-refractivity contribution is 5.91. The first-order valence-corrected chi connectivity index (χ1v) is 6.71. The van der Waals surface area contributed by atoms with Gasteiger partial charge in [0.25, 0.3) is 5.91 Å². The van der Waals surface area contributed by atoms with Crippen LogP contribution in [0.1, 0.15) is 25.3 Å². The summed E-state index contributed by atoms with van der Waals surface area (Å²) in [6.45, 7) is 1.76. The maximum absolute atomic E-state index is 13.1. The highest BCUT2D eigenvalue weighted by Gasteiger charge is 2.70. The molecule has 0 aliphatic carbocycles. The van der Waals surface area contributed by atoms with Crippen molar-refractivity contribution < 1.29 is 23.1 Å². The Hall–Kier alpha value is -1.76. The van der Waals surface area contributed by atoms with Gasteiger partial charge in [0, 0.05) is 12.1 Å². The number of amides is 1. The van der Waals surface area contributed by atoms with E-state index in [4.69, 9.17) is 0 Å². The fraction of sp³-hybridized carbons (Fsp3) is 0.500. The molecule has 0 saturated carbocycles. The van der Waals surface area contributed by atoms with Crippen molar-refractivity contribution in [3.63, 3.8) is 0 Å². The number of alkyl halides is 3. The lowest BCUT2D eigenvalue weighted by Gasteiger charge is -2.43. The summed E-state index contributed by atoms with van der Waals surface area (Å²) in [6, 6.07) is 7.05. The Morgan fingerprint density at radius 1 is 1.38 bits per heavy atom. The minimum Gasteiger partial charge on any atom is -0.372 e. The molecule has 0 radical (unpaired) electrons. The van der Waals surface area contributed by atoms with Gasteiger partial charge in [-0.3, -0.25) is 4.79 Å². The van der Waals surface area contributed by atoms with E-state index in [2.05, 4.69) is 5.32 Å². The molecule has 1 saturated heterocycles. The molecule has 21 heavy (non-hydrogen) atoms. The zero-order chi connectivity index (χ0) is 15.5. The molecule has 2 aliphatic rings. The molecule has 4 nitrogen and oxygen atoms in total. The van der Waals surface area contributed by atoms with Crippen LogP contribution in [0.25, 0.3) is 0 Å². The molecule has 7 heteroatoms. The normalized spacial score (nSPS) is 31.7. The Kier molecular flexibility index (Phi) is 2.79. The zero-order valence-corrected chi connectivity index (χ0v) is 11.4. The van der Waals surface area contributed by atoms with E-state index < -0.39 is 29.8 Å². The molecule has 1 aromatic rings. The van der Waals surface area contributed by atoms with Gasteiger partial charge < -0.3 is 15.3 Å². The van der Waals surface area contributed by atoms with Crippen LogP contribution in [0.15, 0.2) is 24.3 Å². The van der Waals surface area contributed by atoms with Gasteiger partial charge in [0.15, 0.2) is 0 Å². The van der Waals surface area contributed by atoms with E-state index in [9.17, 15) is 23.1 Å². The summed E-state index contributed by atoms with van der Waals surface area (Å²) in [7, 11) is 0. The van der Waals surface area contributed by atoms with Crippen molar-refractivity contribution in [1.29, 1.82) is 0 Å². The van der Waals surface area contributed by atoms with E-state index in [1.54, 1.807) is 31.2 Å². The average Bonchev–Trinajstić information content (AvgIpc) is 2.66. The Labute approximate surface area is 119 Å². The third-order valence-corrected chi connectivity index (χ3v) is 4.43. The number of hydrogen-bond donors (Lipinski definition) is 2. The molecule has 0 bridgehead atoms. The number of fused-ring (bicyclic) bond motifs is 2. The Bertz CT molecular complexity index is 604. The first-order chi connectivity index (χ1) is 9.73. The number of anilines is 1. The van der Waals surface area contributed by atoms with Crippen LogP contribution in [-0.2, 0) is 11.3 Å². The van der Waals surface area contributed by atoms with Crippen molar-refractivity contribution in [2.75, 3.05) is 5.32 Å². The number of rotatable bonds is 1. The Morgan fingerprint density at radius 3 is 2.67 bits per heavy atom. The summed E-state index contributed by atoms with van der Waals surface area (Å²) in [6.07, 6.45) is -5.42. The molecule has 2 atom stereocenters. The summed E-state index contributed by atoms with van der Waals surface area (Å²) in [5.41, 5.74) is -3.08. The zero-order valence-electron chi connectivity index (χ0n) is 11.4. The second-order valence-corrected chi connectivity index (χ2v) is 5.59. The minimum atomic E-state index is -4.99. The monoisotopic (exact) mass is 300 g/mol. The molecule has 2 N–H and O–H groups in total. The number of carbonyl (C=O) groups excluding carboxylic acids is 1. The number of nitrogens with one attached hydrogen (secondary N) is 1. The molecule has 2 unspecified atom stereocenters. The summed E-state index contributed by atoms with van der Waals surface area (Å²) in [5, 5.41) is 13.0. The molecule has 2 heterocycles. The molecule has 0 spiro atoms. The van der Waals surface area contributed by atoms with Crippen molar-refractivity contribution in [2.24, 2.45) is 0 Å². The first kappa shape index (κ1) is 14.2. The lowest BCUT2D eigenvalue weighted by molar-refractivity contribution is -0.249. The predicted molar refractivity (Wildman–Crippen MR) is 69.3 cm³/mol. The third-order valence-electron chi connectivity index (χ3n) is 4.43. The van der Waals surface area contributed by atoms with Crippen LogP contribution in [0.5, 0.6) is 0 Å². The maximum atomic E-state index is 13.1. The Balaban J connectivity index is 2.08. The highest BCUT2D eigenvalue weighted by atomic mass is 19.4. The van der Waals surface area contributed by atoms with Gasteiger partial charge in [0.05, 0.1) is 6.54 Å². The van der Waals surface area contributed by atoms with Gasteiger partial charge in [-0.1, -0.05) is 25.1 Å². The number of para-hydroxylation sites is 1. The standard InChI is InChI=1S/C14H15F3N2O2/c1-2-12-8-13(21,14(15,16)17)11(20)19(12)7-9-5-3-4-6-10(9)18-12/h3-6,18,21H,2,7-8H2,1H3. The van der Waals surface area contributed by atoms with E-state index in [1.165, 1.54) is 0 Å². The van der Waals surface area contributed by atoms with Gasteiger partial charge in [-0.15, -0.1) is 0 Å². The second-order valence-electron chi connectivity index (χ2n) is 5.59. The molecule has 2 aliphatic heterocycles. The van der Waals surface area contributed by atoms with Crippen molar-refractivity contribution >= 4 is 11.6 Å². The van der Waals surface area contributed by atoms with Gasteiger partial charge in [-0.25, -0.2) is 0 Å². The molecule has 1 fully saturated rings. The number of halogens is 3. The van der Waals surface area contributed by atoms with Gasteiger partial charge in [0.1, 0.15) is 5.66 Å². The van der Waals surface area contributed by atoms with Crippen LogP contribution in [0.4, 0.5) is 18.9 Å². The minimum absolute atomic E-state index is 0.0637. The smallest absolute Gasteiger partial charge is 0.372 e. The summed E-state index contributed by atoms with van der Waals surface area (Å²) in [5.74, 6) is -1.28. The van der Waals surface area contributed by atoms with Crippen LogP contribution < -0.4 is 5.32 Å². The van der Waals surface area contributed by atoms with Crippen molar-refractivity contribution in [2.45, 2.75) is 43.8 Å². The number of hydrogen-bond acceptors (Lipinski definition) is 3. The maximum Gasteiger partial charge on any atom is 0.426 e. The van der Waals surface area contributed by atoms with E-state index >= 15 is 0 Å². The summed E-state index contributed by atoms with van der Waals surface area (Å²) >= 11 is 0. The number of nitrogens with zero attached hydrogens (tertiary/aromatic N) is 1. The molecule has 1 amide bonds. The number of aliphatic hydroxyl groups is 1. The molecule has 1 aromatic carbocycles. The quantitative estimate of drug-likeness (QED) is 0.836. The largest absolute Gasteiger partial charge is 0.426 e. The number of benzene rings is 1. The Morgan fingerprint density at radius 2 is 2.05 bits per heavy atom. The topological polar surface area (TPSA) is 52.6 Å². The molecule has 0 aromatic heterocycles. The summed E-state index contributed by atoms with van der Waals surface area (Å²) in [4.78, 5) is 13.3. The lowest BCUT2D eigenvalue weighted by atomic mass is 9.92. The number of carbonyl (C=O) groups is 1. The van der Waals surface area contributed by atoms with Crippen molar-refractivity contribution in [1.82, 2.24) is 4.90 Å². The van der Waals surface area contributed by atoms with Crippen molar-refractivity contribution in [3.05, 3.63) is 29.8 Å². The van der Waals surface area contributed by atoms with Gasteiger partial charge >= 0.3 is 6.18 Å². The molecule has 114 valence electrons. The van der Waals surface area contributed by atoms with E-state index in [0.717, 1.165) is 10.5 Å². The SMILES string of the molecule is CCC12CC(O)(C(F)(F)F)C(=O)N1Cc1ccccc1N2. The predicted octanol–water partition coefficient (Wildman–Crippen LogP) is 2.24. The van der Waals surface area contributed by atoms with Crippen LogP contribution in [-0.4, -0.2) is 33.4 Å². The average molecular weight is 300 g/mol. The highest BCUT2D eigenvalue weighted by Crippen LogP contribution is 2.50. The van der Waals surface area contributed by atoms with Crippen molar-refractivity contribution in [3.8, 4) is 0 Å². The van der Waals surface area contributed by atoms with Crippen LogP contribution >= 0.6 is 0 Å².